The van der Waals surface area contributed by atoms with Gasteiger partial charge >= 0.3 is 0 Å². The van der Waals surface area contributed by atoms with Crippen molar-refractivity contribution in [3.05, 3.63) is 41.6 Å². The Morgan fingerprint density at radius 2 is 2.07 bits per heavy atom. The molecule has 0 radical (unpaired) electrons. The molecule has 1 unspecified atom stereocenters. The molecule has 0 aliphatic carbocycles. The number of likely N-dealkylation sites (N-methyl/N-ethyl adjacent to an activating group) is 1. The van der Waals surface area contributed by atoms with E-state index in [9.17, 15) is 14.4 Å². The maximum Gasteiger partial charge on any atom is 0.272 e. The first-order chi connectivity index (χ1) is 14.2. The van der Waals surface area contributed by atoms with Crippen LogP contribution in [0, 0.1) is 5.92 Å². The number of carbonyl (C=O) groups is 3. The van der Waals surface area contributed by atoms with Gasteiger partial charge < -0.3 is 20.0 Å². The third kappa shape index (κ3) is 4.39. The van der Waals surface area contributed by atoms with Gasteiger partial charge in [0.1, 0.15) is 17.0 Å². The molecule has 0 spiro atoms. The van der Waals surface area contributed by atoms with E-state index >= 15 is 0 Å². The molecule has 9 heteroatoms. The van der Waals surface area contributed by atoms with Crippen molar-refractivity contribution < 1.29 is 18.8 Å². The highest BCUT2D eigenvalue weighted by molar-refractivity contribution is 6.01. The lowest BCUT2D eigenvalue weighted by molar-refractivity contribution is -0.132. The van der Waals surface area contributed by atoms with Crippen molar-refractivity contribution in [3.8, 4) is 0 Å². The van der Waals surface area contributed by atoms with E-state index in [2.05, 4.69) is 29.6 Å². The zero-order chi connectivity index (χ0) is 21.9. The molecule has 0 saturated carbocycles. The van der Waals surface area contributed by atoms with E-state index < -0.39 is 5.54 Å². The minimum atomic E-state index is -1.08. The number of carbonyl (C=O) groups excluding carboxylic acids is 3. The van der Waals surface area contributed by atoms with E-state index in [0.29, 0.717) is 31.1 Å². The van der Waals surface area contributed by atoms with Gasteiger partial charge in [-0.05, 0) is 31.4 Å². The number of aromatic nitrogens is 2. The lowest BCUT2D eigenvalue weighted by Crippen LogP contribution is -2.62. The lowest BCUT2D eigenvalue weighted by atomic mass is 9.95. The molecule has 1 atom stereocenters. The van der Waals surface area contributed by atoms with Crippen molar-refractivity contribution >= 4 is 17.7 Å². The molecule has 2 aromatic heterocycles. The monoisotopic (exact) mass is 415 g/mol. The Balaban J connectivity index is 1.68. The summed E-state index contributed by atoms with van der Waals surface area (Å²) in [5.74, 6) is 0.294. The van der Waals surface area contributed by atoms with Crippen molar-refractivity contribution in [3.63, 3.8) is 0 Å². The molecule has 3 amide bonds. The van der Waals surface area contributed by atoms with Crippen LogP contribution in [0.1, 0.15) is 53.9 Å². The summed E-state index contributed by atoms with van der Waals surface area (Å²) in [6.45, 7) is 6.99. The standard InChI is InChI=1S/C21H29N5O4/c1-14(2)7-9-23-20(29)21(3)13-26-17(19(28)25(21)4)12-16(24-26)18(27)22-10-8-15-6-5-11-30-15/h5-6,11-12,14H,7-10,13H2,1-4H3,(H,22,27)(H,23,29). The fraction of sp³-hybridized carbons (Fsp3) is 0.524. The zero-order valence-corrected chi connectivity index (χ0v) is 17.9. The lowest BCUT2D eigenvalue weighted by Gasteiger charge is -2.40. The fourth-order valence-corrected chi connectivity index (χ4v) is 3.35. The highest BCUT2D eigenvalue weighted by Gasteiger charge is 2.46. The number of amides is 3. The van der Waals surface area contributed by atoms with E-state index in [1.165, 1.54) is 15.6 Å². The smallest absolute Gasteiger partial charge is 0.272 e. The van der Waals surface area contributed by atoms with Crippen LogP contribution in [0.2, 0.25) is 0 Å². The van der Waals surface area contributed by atoms with Gasteiger partial charge in [0.25, 0.3) is 11.8 Å². The fourth-order valence-electron chi connectivity index (χ4n) is 3.35. The first-order valence-electron chi connectivity index (χ1n) is 10.2. The molecule has 2 aromatic rings. The van der Waals surface area contributed by atoms with Gasteiger partial charge in [-0.15, -0.1) is 0 Å². The average Bonchev–Trinajstić information content (AvgIpc) is 3.35. The van der Waals surface area contributed by atoms with Gasteiger partial charge in [-0.1, -0.05) is 13.8 Å². The number of nitrogens with zero attached hydrogens (tertiary/aromatic N) is 3. The Hall–Kier alpha value is -3.10. The third-order valence-corrected chi connectivity index (χ3v) is 5.47. The Kier molecular flexibility index (Phi) is 6.28. The van der Waals surface area contributed by atoms with Crippen LogP contribution in [-0.2, 0) is 17.8 Å². The number of rotatable bonds is 8. The Bertz CT molecular complexity index is 918. The van der Waals surface area contributed by atoms with Gasteiger partial charge in [-0.25, -0.2) is 0 Å². The molecule has 1 aliphatic heterocycles. The van der Waals surface area contributed by atoms with Crippen molar-refractivity contribution in [1.82, 2.24) is 25.3 Å². The molecule has 9 nitrogen and oxygen atoms in total. The van der Waals surface area contributed by atoms with Gasteiger partial charge in [0, 0.05) is 32.6 Å². The van der Waals surface area contributed by atoms with Gasteiger partial charge in [-0.2, -0.15) is 5.10 Å². The third-order valence-electron chi connectivity index (χ3n) is 5.47. The molecule has 0 bridgehead atoms. The number of hydrogen-bond donors (Lipinski definition) is 2. The minimum Gasteiger partial charge on any atom is -0.469 e. The number of hydrogen-bond acceptors (Lipinski definition) is 5. The minimum absolute atomic E-state index is 0.149. The van der Waals surface area contributed by atoms with Crippen molar-refractivity contribution in [2.45, 2.75) is 45.7 Å². The summed E-state index contributed by atoms with van der Waals surface area (Å²) >= 11 is 0. The molecule has 30 heavy (non-hydrogen) atoms. The number of furan rings is 1. The maximum atomic E-state index is 12.9. The zero-order valence-electron chi connectivity index (χ0n) is 17.9. The topological polar surface area (TPSA) is 109 Å². The summed E-state index contributed by atoms with van der Waals surface area (Å²) in [7, 11) is 1.60. The number of fused-ring (bicyclic) bond motifs is 1. The second-order valence-corrected chi connectivity index (χ2v) is 8.23. The van der Waals surface area contributed by atoms with E-state index in [0.717, 1.165) is 12.2 Å². The normalized spacial score (nSPS) is 18.4. The van der Waals surface area contributed by atoms with Gasteiger partial charge in [-0.3, -0.25) is 19.1 Å². The van der Waals surface area contributed by atoms with Crippen LogP contribution < -0.4 is 10.6 Å². The van der Waals surface area contributed by atoms with Crippen LogP contribution in [-0.4, -0.2) is 58.1 Å². The van der Waals surface area contributed by atoms with Crippen molar-refractivity contribution in [2.24, 2.45) is 5.92 Å². The SMILES string of the molecule is CC(C)CCNC(=O)C1(C)Cn2nc(C(=O)NCCc3ccco3)cc2C(=O)N1C. The van der Waals surface area contributed by atoms with Crippen LogP contribution in [0.15, 0.2) is 28.9 Å². The maximum absolute atomic E-state index is 12.9. The second kappa shape index (κ2) is 8.73. The van der Waals surface area contributed by atoms with E-state index in [1.807, 2.05) is 6.07 Å². The molecule has 162 valence electrons. The summed E-state index contributed by atoms with van der Waals surface area (Å²) in [5.41, 5.74) is -0.642. The Labute approximate surface area is 175 Å². The van der Waals surface area contributed by atoms with Crippen LogP contribution in [0.4, 0.5) is 0 Å². The van der Waals surface area contributed by atoms with Crippen molar-refractivity contribution in [1.29, 1.82) is 0 Å². The molecule has 2 N–H and O–H groups in total. The average molecular weight is 415 g/mol. The summed E-state index contributed by atoms with van der Waals surface area (Å²) in [4.78, 5) is 39.6. The largest absolute Gasteiger partial charge is 0.469 e. The van der Waals surface area contributed by atoms with E-state index in [1.54, 1.807) is 26.3 Å². The summed E-state index contributed by atoms with van der Waals surface area (Å²) < 4.78 is 6.69. The van der Waals surface area contributed by atoms with E-state index in [-0.39, 0.29) is 30.0 Å². The molecule has 1 aliphatic rings. The van der Waals surface area contributed by atoms with Crippen molar-refractivity contribution in [2.75, 3.05) is 20.1 Å². The van der Waals surface area contributed by atoms with Crippen LogP contribution >= 0.6 is 0 Å². The molecule has 3 heterocycles. The molecular formula is C21H29N5O4. The van der Waals surface area contributed by atoms with Gasteiger partial charge in [0.2, 0.25) is 5.91 Å². The van der Waals surface area contributed by atoms with Gasteiger partial charge in [0.05, 0.1) is 12.8 Å². The Morgan fingerprint density at radius 1 is 1.30 bits per heavy atom. The summed E-state index contributed by atoms with van der Waals surface area (Å²) in [5, 5.41) is 9.98. The summed E-state index contributed by atoms with van der Waals surface area (Å²) in [6, 6.07) is 5.10. The predicted octanol–water partition coefficient (Wildman–Crippen LogP) is 1.46. The molecule has 0 aromatic carbocycles. The quantitative estimate of drug-likeness (QED) is 0.678. The first-order valence-corrected chi connectivity index (χ1v) is 10.2. The van der Waals surface area contributed by atoms with Crippen LogP contribution in [0.25, 0.3) is 0 Å². The molecule has 0 fully saturated rings. The molecule has 0 saturated heterocycles. The van der Waals surface area contributed by atoms with Gasteiger partial charge in [0.15, 0.2) is 5.69 Å². The molecular weight excluding hydrogens is 386 g/mol. The Morgan fingerprint density at radius 3 is 2.73 bits per heavy atom. The van der Waals surface area contributed by atoms with Crippen LogP contribution in [0.5, 0.6) is 0 Å². The molecule has 3 rings (SSSR count). The predicted molar refractivity (Wildman–Crippen MR) is 110 cm³/mol. The highest BCUT2D eigenvalue weighted by Crippen LogP contribution is 2.26. The first kappa shape index (κ1) is 21.6. The van der Waals surface area contributed by atoms with E-state index in [4.69, 9.17) is 4.42 Å². The number of nitrogens with one attached hydrogen (secondary N) is 2. The second-order valence-electron chi connectivity index (χ2n) is 8.23. The highest BCUT2D eigenvalue weighted by atomic mass is 16.3. The van der Waals surface area contributed by atoms with Crippen LogP contribution in [0.3, 0.4) is 0 Å². The summed E-state index contributed by atoms with van der Waals surface area (Å²) in [6.07, 6.45) is 3.00.